The lowest BCUT2D eigenvalue weighted by Crippen LogP contribution is -1.93. The van der Waals surface area contributed by atoms with Gasteiger partial charge in [-0.25, -0.2) is 0 Å². The Balaban J connectivity index is 2.15. The van der Waals surface area contributed by atoms with Crippen LogP contribution in [0.15, 0.2) is 48.5 Å². The molecule has 0 saturated carbocycles. The second kappa shape index (κ2) is 5.72. The lowest BCUT2D eigenvalue weighted by molar-refractivity contribution is 0.104. The van der Waals surface area contributed by atoms with Gasteiger partial charge in [0.2, 0.25) is 0 Å². The molecule has 0 radical (unpaired) electrons. The van der Waals surface area contributed by atoms with Crippen molar-refractivity contribution in [1.29, 1.82) is 0 Å². The van der Waals surface area contributed by atoms with Crippen molar-refractivity contribution >= 4 is 23.5 Å². The molecule has 19 heavy (non-hydrogen) atoms. The van der Waals surface area contributed by atoms with E-state index in [1.54, 1.807) is 18.2 Å². The Morgan fingerprint density at radius 1 is 1.16 bits per heavy atom. The molecule has 0 saturated heterocycles. The Kier molecular flexibility index (Phi) is 4.03. The van der Waals surface area contributed by atoms with Gasteiger partial charge in [-0.1, -0.05) is 29.8 Å². The molecule has 0 bridgehead atoms. The number of hydrogen-bond acceptors (Lipinski definition) is 2. The minimum Gasteiger partial charge on any atom is -0.508 e. The molecule has 0 aliphatic carbocycles. The third-order valence-electron chi connectivity index (χ3n) is 2.76. The number of hydrogen-bond donors (Lipinski definition) is 1. The number of carbonyl (C=O) groups is 1. The van der Waals surface area contributed by atoms with Crippen molar-refractivity contribution in [3.63, 3.8) is 0 Å². The third kappa shape index (κ3) is 3.46. The van der Waals surface area contributed by atoms with Gasteiger partial charge in [-0.05, 0) is 54.5 Å². The zero-order valence-electron chi connectivity index (χ0n) is 10.4. The van der Waals surface area contributed by atoms with Crippen LogP contribution in [-0.2, 0) is 0 Å². The van der Waals surface area contributed by atoms with Crippen molar-refractivity contribution in [1.82, 2.24) is 0 Å². The van der Waals surface area contributed by atoms with Crippen LogP contribution >= 0.6 is 11.6 Å². The van der Waals surface area contributed by atoms with E-state index in [1.165, 1.54) is 18.2 Å². The Bertz CT molecular complexity index is 628. The molecule has 0 heterocycles. The van der Waals surface area contributed by atoms with Gasteiger partial charge in [-0.15, -0.1) is 0 Å². The molecule has 2 nitrogen and oxygen atoms in total. The number of aryl methyl sites for hydroxylation is 1. The van der Waals surface area contributed by atoms with Gasteiger partial charge in [-0.2, -0.15) is 0 Å². The Morgan fingerprint density at radius 3 is 2.47 bits per heavy atom. The number of benzene rings is 2. The van der Waals surface area contributed by atoms with E-state index >= 15 is 0 Å². The van der Waals surface area contributed by atoms with Gasteiger partial charge >= 0.3 is 0 Å². The number of allylic oxidation sites excluding steroid dienone is 1. The van der Waals surface area contributed by atoms with Crippen LogP contribution in [0.1, 0.15) is 21.5 Å². The first-order valence-corrected chi connectivity index (χ1v) is 6.21. The van der Waals surface area contributed by atoms with E-state index in [9.17, 15) is 4.79 Å². The van der Waals surface area contributed by atoms with Gasteiger partial charge < -0.3 is 5.11 Å². The highest BCUT2D eigenvalue weighted by Crippen LogP contribution is 2.17. The minimum absolute atomic E-state index is 0.104. The summed E-state index contributed by atoms with van der Waals surface area (Å²) >= 11 is 5.94. The summed E-state index contributed by atoms with van der Waals surface area (Å²) in [7, 11) is 0. The fraction of sp³-hybridized carbons (Fsp3) is 0.0625. The van der Waals surface area contributed by atoms with E-state index in [2.05, 4.69) is 0 Å². The summed E-state index contributed by atoms with van der Waals surface area (Å²) in [6.45, 7) is 1.92. The molecular formula is C16H13ClO2. The monoisotopic (exact) mass is 272 g/mol. The van der Waals surface area contributed by atoms with Crippen LogP contribution in [0.25, 0.3) is 6.08 Å². The largest absolute Gasteiger partial charge is 0.508 e. The van der Waals surface area contributed by atoms with Crippen LogP contribution in [0.5, 0.6) is 5.75 Å². The van der Waals surface area contributed by atoms with E-state index in [4.69, 9.17) is 16.7 Å². The summed E-state index contributed by atoms with van der Waals surface area (Å²) in [5.41, 5.74) is 2.44. The average molecular weight is 273 g/mol. The molecule has 0 unspecified atom stereocenters. The van der Waals surface area contributed by atoms with Gasteiger partial charge in [0.1, 0.15) is 5.75 Å². The van der Waals surface area contributed by atoms with Crippen LogP contribution in [0, 0.1) is 6.92 Å². The van der Waals surface area contributed by atoms with Crippen LogP contribution in [0.4, 0.5) is 0 Å². The Hall–Kier alpha value is -2.06. The number of rotatable bonds is 3. The fourth-order valence-electron chi connectivity index (χ4n) is 1.67. The molecule has 96 valence electrons. The van der Waals surface area contributed by atoms with Crippen LogP contribution in [0.3, 0.4) is 0 Å². The lowest BCUT2D eigenvalue weighted by Gasteiger charge is -1.99. The Labute approximate surface area is 117 Å². The summed E-state index contributed by atoms with van der Waals surface area (Å²) in [5, 5.41) is 9.87. The molecule has 0 aliphatic heterocycles. The maximum Gasteiger partial charge on any atom is 0.185 e. The standard InChI is InChI=1S/C16H13ClO2/c1-11-10-12(2-8-15(11)17)3-9-16(19)13-4-6-14(18)7-5-13/h2-10,18H,1H3/b9-3+. The molecule has 0 aliphatic rings. The summed E-state index contributed by atoms with van der Waals surface area (Å²) < 4.78 is 0. The van der Waals surface area contributed by atoms with Crippen molar-refractivity contribution in [2.75, 3.05) is 0 Å². The van der Waals surface area contributed by atoms with E-state index < -0.39 is 0 Å². The normalized spacial score (nSPS) is 10.8. The van der Waals surface area contributed by atoms with Gasteiger partial charge in [0, 0.05) is 10.6 Å². The fourth-order valence-corrected chi connectivity index (χ4v) is 1.78. The average Bonchev–Trinajstić information content (AvgIpc) is 2.40. The van der Waals surface area contributed by atoms with Crippen molar-refractivity contribution in [2.24, 2.45) is 0 Å². The van der Waals surface area contributed by atoms with Crippen LogP contribution in [0.2, 0.25) is 5.02 Å². The molecule has 0 atom stereocenters. The first kappa shape index (κ1) is 13.4. The van der Waals surface area contributed by atoms with Gasteiger partial charge in [0.05, 0.1) is 0 Å². The smallest absolute Gasteiger partial charge is 0.185 e. The third-order valence-corrected chi connectivity index (χ3v) is 3.19. The van der Waals surface area contributed by atoms with E-state index in [1.807, 2.05) is 25.1 Å². The number of phenolic OH excluding ortho intramolecular Hbond substituents is 1. The van der Waals surface area contributed by atoms with Crippen LogP contribution in [-0.4, -0.2) is 10.9 Å². The van der Waals surface area contributed by atoms with E-state index in [0.717, 1.165) is 11.1 Å². The van der Waals surface area contributed by atoms with Crippen molar-refractivity contribution in [3.05, 3.63) is 70.3 Å². The lowest BCUT2D eigenvalue weighted by atomic mass is 10.1. The molecule has 0 spiro atoms. The van der Waals surface area contributed by atoms with Crippen molar-refractivity contribution in [2.45, 2.75) is 6.92 Å². The summed E-state index contributed by atoms with van der Waals surface area (Å²) in [6, 6.07) is 11.8. The first-order valence-electron chi connectivity index (χ1n) is 5.84. The molecule has 2 rings (SSSR count). The zero-order chi connectivity index (χ0) is 13.8. The second-order valence-electron chi connectivity index (χ2n) is 4.25. The summed E-state index contributed by atoms with van der Waals surface area (Å²) in [6.07, 6.45) is 3.26. The number of halogens is 1. The predicted molar refractivity (Wildman–Crippen MR) is 77.7 cm³/mol. The Morgan fingerprint density at radius 2 is 1.84 bits per heavy atom. The topological polar surface area (TPSA) is 37.3 Å². The molecule has 0 amide bonds. The van der Waals surface area contributed by atoms with Gasteiger partial charge in [0.15, 0.2) is 5.78 Å². The molecular weight excluding hydrogens is 260 g/mol. The number of ketones is 1. The maximum atomic E-state index is 11.9. The molecule has 2 aromatic rings. The van der Waals surface area contributed by atoms with Crippen molar-refractivity contribution < 1.29 is 9.90 Å². The molecule has 0 aromatic heterocycles. The SMILES string of the molecule is Cc1cc(/C=C/C(=O)c2ccc(O)cc2)ccc1Cl. The number of aromatic hydroxyl groups is 1. The van der Waals surface area contributed by atoms with E-state index in [0.29, 0.717) is 10.6 Å². The molecule has 3 heteroatoms. The summed E-state index contributed by atoms with van der Waals surface area (Å²) in [4.78, 5) is 11.9. The number of phenols is 1. The predicted octanol–water partition coefficient (Wildman–Crippen LogP) is 4.25. The second-order valence-corrected chi connectivity index (χ2v) is 4.66. The van der Waals surface area contributed by atoms with Crippen LogP contribution < -0.4 is 0 Å². The maximum absolute atomic E-state index is 11.9. The van der Waals surface area contributed by atoms with Gasteiger partial charge in [-0.3, -0.25) is 4.79 Å². The number of carbonyl (C=O) groups excluding carboxylic acids is 1. The zero-order valence-corrected chi connectivity index (χ0v) is 11.2. The van der Waals surface area contributed by atoms with Gasteiger partial charge in [0.25, 0.3) is 0 Å². The molecule has 0 fully saturated rings. The highest BCUT2D eigenvalue weighted by Gasteiger charge is 2.01. The molecule has 2 aromatic carbocycles. The first-order chi connectivity index (χ1) is 9.06. The molecule has 1 N–H and O–H groups in total. The highest BCUT2D eigenvalue weighted by atomic mass is 35.5. The van der Waals surface area contributed by atoms with E-state index in [-0.39, 0.29) is 11.5 Å². The van der Waals surface area contributed by atoms with Crippen molar-refractivity contribution in [3.8, 4) is 5.75 Å². The highest BCUT2D eigenvalue weighted by molar-refractivity contribution is 6.31. The minimum atomic E-state index is -0.104. The quantitative estimate of drug-likeness (QED) is 0.670. The summed E-state index contributed by atoms with van der Waals surface area (Å²) in [5.74, 6) is 0.0430.